The Balaban J connectivity index is 1.29. The number of nitrogens with zero attached hydrogens (tertiary/aromatic N) is 2. The van der Waals surface area contributed by atoms with Crippen molar-refractivity contribution in [2.75, 3.05) is 19.7 Å². The topological polar surface area (TPSA) is 102 Å². The van der Waals surface area contributed by atoms with Crippen LogP contribution in [0.25, 0.3) is 10.2 Å². The van der Waals surface area contributed by atoms with Crippen LogP contribution in [0.15, 0.2) is 11.1 Å². The van der Waals surface area contributed by atoms with E-state index in [1.54, 1.807) is 11.3 Å². The van der Waals surface area contributed by atoms with E-state index >= 15 is 0 Å². The molecule has 0 spiro atoms. The summed E-state index contributed by atoms with van der Waals surface area (Å²) in [6.07, 6.45) is 7.89. The van der Waals surface area contributed by atoms with Gasteiger partial charge in [0.15, 0.2) is 0 Å². The predicted octanol–water partition coefficient (Wildman–Crippen LogP) is 1.14. The van der Waals surface area contributed by atoms with E-state index in [1.165, 1.54) is 15.8 Å². The molecule has 29 heavy (non-hydrogen) atoms. The lowest BCUT2D eigenvalue weighted by Gasteiger charge is -2.11. The molecule has 1 aliphatic heterocycles. The third kappa shape index (κ3) is 4.67. The van der Waals surface area contributed by atoms with E-state index < -0.39 is 0 Å². The van der Waals surface area contributed by atoms with Crippen LogP contribution in [-0.4, -0.2) is 47.2 Å². The second kappa shape index (κ2) is 9.04. The van der Waals surface area contributed by atoms with Gasteiger partial charge in [-0.3, -0.25) is 19.0 Å². The second-order valence-electron chi connectivity index (χ2n) is 7.61. The van der Waals surface area contributed by atoms with Crippen LogP contribution in [0.2, 0.25) is 0 Å². The minimum absolute atomic E-state index is 0.0933. The molecular weight excluding hydrogens is 392 g/mol. The number of hydrogen-bond donors (Lipinski definition) is 2. The van der Waals surface area contributed by atoms with Crippen molar-refractivity contribution in [2.45, 2.75) is 57.6 Å². The molecule has 2 amide bonds. The van der Waals surface area contributed by atoms with Crippen LogP contribution in [0.1, 0.15) is 42.5 Å². The van der Waals surface area contributed by atoms with E-state index in [2.05, 4.69) is 15.6 Å². The van der Waals surface area contributed by atoms with Gasteiger partial charge in [-0.2, -0.15) is 0 Å². The van der Waals surface area contributed by atoms with Crippen molar-refractivity contribution in [3.05, 3.63) is 27.1 Å². The van der Waals surface area contributed by atoms with Crippen LogP contribution in [0.4, 0.5) is 0 Å². The normalized spacial score (nSPS) is 18.6. The number of hydrogen-bond acceptors (Lipinski definition) is 6. The molecule has 0 unspecified atom stereocenters. The van der Waals surface area contributed by atoms with Crippen molar-refractivity contribution in [1.82, 2.24) is 20.2 Å². The number of aromatic nitrogens is 2. The van der Waals surface area contributed by atoms with Gasteiger partial charge in [0.1, 0.15) is 11.4 Å². The highest BCUT2D eigenvalue weighted by Gasteiger charge is 2.20. The fourth-order valence-corrected chi connectivity index (χ4v) is 5.16. The average molecular weight is 419 g/mol. The minimum atomic E-state index is -0.302. The fourth-order valence-electron chi connectivity index (χ4n) is 3.94. The van der Waals surface area contributed by atoms with Gasteiger partial charge in [0.25, 0.3) is 5.56 Å². The summed E-state index contributed by atoms with van der Waals surface area (Å²) in [7, 11) is 0. The maximum absolute atomic E-state index is 12.9. The first-order valence-electron chi connectivity index (χ1n) is 10.3. The van der Waals surface area contributed by atoms with E-state index in [9.17, 15) is 14.4 Å². The highest BCUT2D eigenvalue weighted by Crippen LogP contribution is 2.33. The molecule has 0 aromatic carbocycles. The van der Waals surface area contributed by atoms with Crippen molar-refractivity contribution in [1.29, 1.82) is 0 Å². The third-order valence-corrected chi connectivity index (χ3v) is 6.68. The van der Waals surface area contributed by atoms with Gasteiger partial charge in [0.05, 0.1) is 17.8 Å². The molecule has 2 aliphatic rings. The summed E-state index contributed by atoms with van der Waals surface area (Å²) in [4.78, 5) is 43.4. The number of carbonyl (C=O) groups is 2. The molecule has 4 rings (SSSR count). The fraction of sp³-hybridized carbons (Fsp3) is 0.600. The first-order valence-corrected chi connectivity index (χ1v) is 11.1. The summed E-state index contributed by atoms with van der Waals surface area (Å²) in [6.45, 7) is 1.40. The maximum Gasteiger partial charge on any atom is 0.262 e. The van der Waals surface area contributed by atoms with Gasteiger partial charge in [-0.1, -0.05) is 0 Å². The van der Waals surface area contributed by atoms with E-state index in [-0.39, 0.29) is 43.0 Å². The van der Waals surface area contributed by atoms with Gasteiger partial charge in [0.2, 0.25) is 11.8 Å². The van der Waals surface area contributed by atoms with Crippen molar-refractivity contribution < 1.29 is 14.3 Å². The van der Waals surface area contributed by atoms with Gasteiger partial charge in [-0.05, 0) is 44.1 Å². The number of aryl methyl sites for hydroxylation is 2. The Bertz CT molecular complexity index is 961. The molecule has 0 radical (unpaired) electrons. The van der Waals surface area contributed by atoms with Crippen molar-refractivity contribution >= 4 is 33.4 Å². The van der Waals surface area contributed by atoms with Crippen molar-refractivity contribution in [3.63, 3.8) is 0 Å². The summed E-state index contributed by atoms with van der Waals surface area (Å²) in [6, 6.07) is 0. The highest BCUT2D eigenvalue weighted by molar-refractivity contribution is 7.18. The molecule has 9 heteroatoms. The number of thiophene rings is 1. The SMILES string of the molecule is O=C(CCNC(=O)Cn1cnc2sc3c(c2c1=O)CCCC3)NC[C@@H]1CCCO1. The van der Waals surface area contributed by atoms with Crippen LogP contribution < -0.4 is 16.2 Å². The highest BCUT2D eigenvalue weighted by atomic mass is 32.1. The van der Waals surface area contributed by atoms with Crippen LogP contribution in [0.5, 0.6) is 0 Å². The summed E-state index contributed by atoms with van der Waals surface area (Å²) in [5.41, 5.74) is 0.963. The molecule has 1 atom stereocenters. The monoisotopic (exact) mass is 418 g/mol. The molecule has 2 N–H and O–H groups in total. The molecule has 0 bridgehead atoms. The molecule has 1 saturated heterocycles. The quantitative estimate of drug-likeness (QED) is 0.702. The number of ether oxygens (including phenoxy) is 1. The second-order valence-corrected chi connectivity index (χ2v) is 8.69. The van der Waals surface area contributed by atoms with E-state index in [0.717, 1.165) is 55.5 Å². The molecule has 2 aromatic rings. The number of rotatable bonds is 7. The average Bonchev–Trinajstić information content (AvgIpc) is 3.36. The third-order valence-electron chi connectivity index (χ3n) is 5.48. The van der Waals surface area contributed by atoms with Crippen LogP contribution in [-0.2, 0) is 33.7 Å². The lowest BCUT2D eigenvalue weighted by molar-refractivity contribution is -0.122. The number of nitrogens with one attached hydrogen (secondary N) is 2. The molecule has 1 aliphatic carbocycles. The van der Waals surface area contributed by atoms with Gasteiger partial charge in [0, 0.05) is 31.0 Å². The summed E-state index contributed by atoms with van der Waals surface area (Å²) in [5, 5.41) is 6.20. The number of amides is 2. The maximum atomic E-state index is 12.9. The van der Waals surface area contributed by atoms with Gasteiger partial charge in [-0.25, -0.2) is 4.98 Å². The molecule has 1 fully saturated rings. The molecule has 0 saturated carbocycles. The summed E-state index contributed by atoms with van der Waals surface area (Å²) in [5.74, 6) is -0.421. The Morgan fingerprint density at radius 1 is 1.21 bits per heavy atom. The van der Waals surface area contributed by atoms with Crippen LogP contribution in [0.3, 0.4) is 0 Å². The smallest absolute Gasteiger partial charge is 0.262 e. The first-order chi connectivity index (χ1) is 14.1. The van der Waals surface area contributed by atoms with Crippen molar-refractivity contribution in [2.24, 2.45) is 0 Å². The van der Waals surface area contributed by atoms with Crippen LogP contribution in [0, 0.1) is 0 Å². The number of carbonyl (C=O) groups excluding carboxylic acids is 2. The Labute approximate surface area is 172 Å². The molecule has 8 nitrogen and oxygen atoms in total. The van der Waals surface area contributed by atoms with E-state index in [1.807, 2.05) is 0 Å². The van der Waals surface area contributed by atoms with Gasteiger partial charge < -0.3 is 15.4 Å². The minimum Gasteiger partial charge on any atom is -0.376 e. The van der Waals surface area contributed by atoms with Gasteiger partial charge in [-0.15, -0.1) is 11.3 Å². The van der Waals surface area contributed by atoms with Crippen LogP contribution >= 0.6 is 11.3 Å². The largest absolute Gasteiger partial charge is 0.376 e. The Morgan fingerprint density at radius 2 is 2.07 bits per heavy atom. The Kier molecular flexibility index (Phi) is 6.25. The lowest BCUT2D eigenvalue weighted by atomic mass is 9.97. The van der Waals surface area contributed by atoms with E-state index in [4.69, 9.17) is 4.74 Å². The molecule has 3 heterocycles. The Morgan fingerprint density at radius 3 is 2.90 bits per heavy atom. The molecule has 156 valence electrons. The molecule has 2 aromatic heterocycles. The van der Waals surface area contributed by atoms with Crippen molar-refractivity contribution in [3.8, 4) is 0 Å². The zero-order valence-corrected chi connectivity index (χ0v) is 17.2. The zero-order chi connectivity index (χ0) is 20.2. The number of fused-ring (bicyclic) bond motifs is 3. The zero-order valence-electron chi connectivity index (χ0n) is 16.4. The predicted molar refractivity (Wildman–Crippen MR) is 110 cm³/mol. The summed E-state index contributed by atoms with van der Waals surface area (Å²) < 4.78 is 6.82. The van der Waals surface area contributed by atoms with Gasteiger partial charge >= 0.3 is 0 Å². The lowest BCUT2D eigenvalue weighted by Crippen LogP contribution is -2.36. The van der Waals surface area contributed by atoms with E-state index in [0.29, 0.717) is 11.9 Å². The Hall–Kier alpha value is -2.26. The summed E-state index contributed by atoms with van der Waals surface area (Å²) >= 11 is 1.59. The standard InChI is InChI=1S/C20H26N4O4S/c25-16(22-10-13-4-3-9-28-13)7-8-21-17(26)11-24-12-23-19-18(20(24)27)14-5-1-2-6-15(14)29-19/h12-13H,1-11H2,(H,21,26)(H,22,25)/t13-/m0/s1. The molecular formula is C20H26N4O4S. The first kappa shape index (κ1) is 20.0.